The molecule has 1 aliphatic rings. The molecule has 1 aliphatic heterocycles. The van der Waals surface area contributed by atoms with Crippen LogP contribution in [0.3, 0.4) is 0 Å². The Hall–Kier alpha value is -2.17. The van der Waals surface area contributed by atoms with Crippen molar-refractivity contribution < 1.29 is 4.39 Å². The average molecular weight is 258 g/mol. The van der Waals surface area contributed by atoms with Gasteiger partial charge in [-0.1, -0.05) is 0 Å². The summed E-state index contributed by atoms with van der Waals surface area (Å²) < 4.78 is 12.9. The molecule has 5 heteroatoms. The molecule has 1 aromatic carbocycles. The van der Waals surface area contributed by atoms with E-state index in [0.29, 0.717) is 5.82 Å². The number of aromatic nitrogens is 2. The number of hydrogen-bond acceptors (Lipinski definition) is 4. The molecule has 1 aromatic heterocycles. The van der Waals surface area contributed by atoms with Gasteiger partial charge in [-0.05, 0) is 37.1 Å². The molecule has 0 bridgehead atoms. The summed E-state index contributed by atoms with van der Waals surface area (Å²) in [5.41, 5.74) is 2.12. The zero-order valence-corrected chi connectivity index (χ0v) is 10.5. The van der Waals surface area contributed by atoms with Crippen LogP contribution in [0, 0.1) is 5.95 Å². The van der Waals surface area contributed by atoms with E-state index in [4.69, 9.17) is 0 Å². The van der Waals surface area contributed by atoms with Crippen LogP contribution in [0.4, 0.5) is 21.6 Å². The first-order valence-corrected chi connectivity index (χ1v) is 6.41. The second-order valence-electron chi connectivity index (χ2n) is 4.59. The fourth-order valence-corrected chi connectivity index (χ4v) is 2.28. The molecular formula is C14H15FN4. The van der Waals surface area contributed by atoms with Crippen LogP contribution in [0.25, 0.3) is 0 Å². The van der Waals surface area contributed by atoms with Crippen molar-refractivity contribution >= 4 is 17.2 Å². The first kappa shape index (κ1) is 11.9. The van der Waals surface area contributed by atoms with Crippen LogP contribution in [-0.2, 0) is 0 Å². The summed E-state index contributed by atoms with van der Waals surface area (Å²) in [5, 5.41) is 3.05. The van der Waals surface area contributed by atoms with Crippen molar-refractivity contribution in [2.24, 2.45) is 0 Å². The van der Waals surface area contributed by atoms with Gasteiger partial charge in [0.25, 0.3) is 0 Å². The lowest BCUT2D eigenvalue weighted by molar-refractivity contribution is 0.580. The van der Waals surface area contributed by atoms with Gasteiger partial charge >= 0.3 is 0 Å². The lowest BCUT2D eigenvalue weighted by Gasteiger charge is -2.17. The topological polar surface area (TPSA) is 41.0 Å². The molecule has 2 heterocycles. The van der Waals surface area contributed by atoms with Gasteiger partial charge in [0.05, 0.1) is 0 Å². The number of nitrogens with one attached hydrogen (secondary N) is 1. The van der Waals surface area contributed by atoms with Gasteiger partial charge in [0.2, 0.25) is 5.95 Å². The summed E-state index contributed by atoms with van der Waals surface area (Å²) in [6.45, 7) is 2.26. The van der Waals surface area contributed by atoms with E-state index in [1.165, 1.54) is 30.9 Å². The van der Waals surface area contributed by atoms with Crippen molar-refractivity contribution in [2.75, 3.05) is 23.3 Å². The van der Waals surface area contributed by atoms with E-state index in [2.05, 4.69) is 32.3 Å². The summed E-state index contributed by atoms with van der Waals surface area (Å²) in [6, 6.07) is 9.38. The smallest absolute Gasteiger partial charge is 0.218 e. The Kier molecular flexibility index (Phi) is 3.27. The summed E-state index contributed by atoms with van der Waals surface area (Å²) in [4.78, 5) is 9.75. The Morgan fingerprint density at radius 1 is 1.05 bits per heavy atom. The largest absolute Gasteiger partial charge is 0.372 e. The van der Waals surface area contributed by atoms with Crippen LogP contribution in [0.1, 0.15) is 12.8 Å². The highest BCUT2D eigenvalue weighted by molar-refractivity contribution is 5.60. The summed E-state index contributed by atoms with van der Waals surface area (Å²) >= 11 is 0. The maximum atomic E-state index is 12.9. The summed E-state index contributed by atoms with van der Waals surface area (Å²) in [7, 11) is 0. The Bertz CT molecular complexity index is 550. The fourth-order valence-electron chi connectivity index (χ4n) is 2.28. The fraction of sp³-hybridized carbons (Fsp3) is 0.286. The quantitative estimate of drug-likeness (QED) is 0.859. The van der Waals surface area contributed by atoms with E-state index < -0.39 is 5.95 Å². The maximum absolute atomic E-state index is 12.9. The van der Waals surface area contributed by atoms with E-state index in [0.717, 1.165) is 18.8 Å². The zero-order chi connectivity index (χ0) is 13.1. The van der Waals surface area contributed by atoms with E-state index in [1.54, 1.807) is 0 Å². The third kappa shape index (κ3) is 2.81. The maximum Gasteiger partial charge on any atom is 0.218 e. The molecule has 98 valence electrons. The molecule has 0 atom stereocenters. The standard InChI is InChI=1S/C14H15FN4/c15-13-9-14(17-10-16-13)18-11-3-5-12(6-4-11)19-7-1-2-8-19/h3-6,9-10H,1-2,7-8H2,(H,16,17,18). The Morgan fingerprint density at radius 2 is 1.79 bits per heavy atom. The second-order valence-corrected chi connectivity index (χ2v) is 4.59. The van der Waals surface area contributed by atoms with Gasteiger partial charge in [0.1, 0.15) is 12.1 Å². The number of anilines is 3. The molecule has 19 heavy (non-hydrogen) atoms. The minimum absolute atomic E-state index is 0.460. The molecule has 3 rings (SSSR count). The van der Waals surface area contributed by atoms with Gasteiger partial charge in [-0.2, -0.15) is 4.39 Å². The average Bonchev–Trinajstić information content (AvgIpc) is 2.94. The van der Waals surface area contributed by atoms with Crippen LogP contribution in [0.15, 0.2) is 36.7 Å². The van der Waals surface area contributed by atoms with Crippen molar-refractivity contribution in [1.82, 2.24) is 9.97 Å². The number of halogens is 1. The predicted octanol–water partition coefficient (Wildman–Crippen LogP) is 2.96. The highest BCUT2D eigenvalue weighted by Gasteiger charge is 2.11. The molecule has 2 aromatic rings. The summed E-state index contributed by atoms with van der Waals surface area (Å²) in [6.07, 6.45) is 3.73. The van der Waals surface area contributed by atoms with E-state index in [9.17, 15) is 4.39 Å². The van der Waals surface area contributed by atoms with Gasteiger partial charge < -0.3 is 10.2 Å². The van der Waals surface area contributed by atoms with Crippen molar-refractivity contribution in [3.05, 3.63) is 42.6 Å². The molecule has 0 saturated carbocycles. The van der Waals surface area contributed by atoms with Crippen molar-refractivity contribution in [1.29, 1.82) is 0 Å². The minimum atomic E-state index is -0.536. The highest BCUT2D eigenvalue weighted by atomic mass is 19.1. The van der Waals surface area contributed by atoms with Crippen molar-refractivity contribution in [3.8, 4) is 0 Å². The Labute approximate surface area is 111 Å². The second kappa shape index (κ2) is 5.22. The third-order valence-electron chi connectivity index (χ3n) is 3.24. The predicted molar refractivity (Wildman–Crippen MR) is 73.2 cm³/mol. The van der Waals surface area contributed by atoms with Crippen LogP contribution in [0.2, 0.25) is 0 Å². The molecule has 0 amide bonds. The molecule has 0 radical (unpaired) electrons. The summed E-state index contributed by atoms with van der Waals surface area (Å²) in [5.74, 6) is -0.0763. The molecule has 0 spiro atoms. The zero-order valence-electron chi connectivity index (χ0n) is 10.5. The SMILES string of the molecule is Fc1cc(Nc2ccc(N3CCCC3)cc2)ncn1. The van der Waals surface area contributed by atoms with Gasteiger partial charge in [0, 0.05) is 30.5 Å². The van der Waals surface area contributed by atoms with Crippen LogP contribution in [-0.4, -0.2) is 23.1 Å². The number of benzene rings is 1. The van der Waals surface area contributed by atoms with Gasteiger partial charge in [-0.3, -0.25) is 0 Å². The van der Waals surface area contributed by atoms with Gasteiger partial charge in [0.15, 0.2) is 0 Å². The lowest BCUT2D eigenvalue weighted by Crippen LogP contribution is -2.17. The Balaban J connectivity index is 1.72. The molecule has 1 fully saturated rings. The molecule has 0 aliphatic carbocycles. The molecule has 4 nitrogen and oxygen atoms in total. The normalized spacial score (nSPS) is 14.7. The number of hydrogen-bond donors (Lipinski definition) is 1. The number of rotatable bonds is 3. The van der Waals surface area contributed by atoms with Crippen LogP contribution >= 0.6 is 0 Å². The monoisotopic (exact) mass is 258 g/mol. The molecule has 1 N–H and O–H groups in total. The van der Waals surface area contributed by atoms with Gasteiger partial charge in [-0.25, -0.2) is 9.97 Å². The third-order valence-corrected chi connectivity index (χ3v) is 3.24. The van der Waals surface area contributed by atoms with E-state index in [-0.39, 0.29) is 0 Å². The van der Waals surface area contributed by atoms with Crippen molar-refractivity contribution in [2.45, 2.75) is 12.8 Å². The minimum Gasteiger partial charge on any atom is -0.372 e. The van der Waals surface area contributed by atoms with E-state index in [1.807, 2.05) is 12.1 Å². The highest BCUT2D eigenvalue weighted by Crippen LogP contribution is 2.23. The first-order chi connectivity index (χ1) is 9.31. The Morgan fingerprint density at radius 3 is 2.47 bits per heavy atom. The molecule has 1 saturated heterocycles. The molecule has 0 unspecified atom stereocenters. The van der Waals surface area contributed by atoms with E-state index >= 15 is 0 Å². The number of nitrogens with zero attached hydrogens (tertiary/aromatic N) is 3. The van der Waals surface area contributed by atoms with Crippen LogP contribution in [0.5, 0.6) is 0 Å². The molecular weight excluding hydrogens is 243 g/mol. The lowest BCUT2D eigenvalue weighted by atomic mass is 10.2. The first-order valence-electron chi connectivity index (χ1n) is 6.41. The van der Waals surface area contributed by atoms with Crippen LogP contribution < -0.4 is 10.2 Å². The van der Waals surface area contributed by atoms with Crippen molar-refractivity contribution in [3.63, 3.8) is 0 Å². The van der Waals surface area contributed by atoms with Gasteiger partial charge in [-0.15, -0.1) is 0 Å².